The SMILES string of the molecule is CN1CCN=C1SCC1=CSC2=NC(Cc3ccccc3)CN12. The van der Waals surface area contributed by atoms with Gasteiger partial charge in [-0.15, -0.1) is 0 Å². The molecule has 0 saturated carbocycles. The van der Waals surface area contributed by atoms with E-state index < -0.39 is 0 Å². The van der Waals surface area contributed by atoms with Crippen LogP contribution in [0.15, 0.2) is 51.4 Å². The molecule has 4 rings (SSSR count). The topological polar surface area (TPSA) is 31.2 Å². The highest BCUT2D eigenvalue weighted by atomic mass is 32.2. The van der Waals surface area contributed by atoms with Crippen LogP contribution in [0.2, 0.25) is 0 Å². The van der Waals surface area contributed by atoms with Crippen molar-refractivity contribution < 1.29 is 0 Å². The van der Waals surface area contributed by atoms with Crippen LogP contribution in [0.3, 0.4) is 0 Å². The van der Waals surface area contributed by atoms with Gasteiger partial charge in [0.25, 0.3) is 0 Å². The Bertz CT molecular complexity index is 668. The summed E-state index contributed by atoms with van der Waals surface area (Å²) in [5.41, 5.74) is 2.74. The van der Waals surface area contributed by atoms with Gasteiger partial charge in [-0.25, -0.2) is 0 Å². The molecule has 0 N–H and O–H groups in total. The van der Waals surface area contributed by atoms with Crippen molar-refractivity contribution in [2.45, 2.75) is 12.5 Å². The lowest BCUT2D eigenvalue weighted by Gasteiger charge is -2.19. The molecule has 3 aliphatic heterocycles. The van der Waals surface area contributed by atoms with Crippen LogP contribution in [0, 0.1) is 0 Å². The summed E-state index contributed by atoms with van der Waals surface area (Å²) in [4.78, 5) is 14.1. The molecule has 4 nitrogen and oxygen atoms in total. The number of likely N-dealkylation sites (N-methyl/N-ethyl adjacent to an activating group) is 1. The molecule has 3 heterocycles. The van der Waals surface area contributed by atoms with Crippen LogP contribution in [-0.4, -0.2) is 58.6 Å². The van der Waals surface area contributed by atoms with E-state index >= 15 is 0 Å². The highest BCUT2D eigenvalue weighted by Crippen LogP contribution is 2.34. The number of thioether (sulfide) groups is 2. The van der Waals surface area contributed by atoms with Crippen molar-refractivity contribution >= 4 is 33.9 Å². The maximum atomic E-state index is 4.89. The zero-order valence-corrected chi connectivity index (χ0v) is 14.8. The van der Waals surface area contributed by atoms with Gasteiger partial charge in [-0.1, -0.05) is 53.9 Å². The second kappa shape index (κ2) is 6.61. The Morgan fingerprint density at radius 3 is 2.96 bits per heavy atom. The summed E-state index contributed by atoms with van der Waals surface area (Å²) in [5, 5.41) is 4.59. The smallest absolute Gasteiger partial charge is 0.168 e. The summed E-state index contributed by atoms with van der Waals surface area (Å²) in [6.07, 6.45) is 1.03. The number of rotatable bonds is 4. The second-order valence-electron chi connectivity index (χ2n) is 5.97. The lowest BCUT2D eigenvalue weighted by molar-refractivity contribution is 0.512. The van der Waals surface area contributed by atoms with E-state index in [9.17, 15) is 0 Å². The molecule has 0 fully saturated rings. The Labute approximate surface area is 145 Å². The lowest BCUT2D eigenvalue weighted by atomic mass is 10.1. The number of nitrogens with zero attached hydrogens (tertiary/aromatic N) is 4. The van der Waals surface area contributed by atoms with E-state index in [-0.39, 0.29) is 0 Å². The van der Waals surface area contributed by atoms with Gasteiger partial charge in [0, 0.05) is 31.6 Å². The maximum absolute atomic E-state index is 4.89. The molecule has 120 valence electrons. The number of benzene rings is 1. The molecule has 0 aromatic heterocycles. The summed E-state index contributed by atoms with van der Waals surface area (Å²) in [6.45, 7) is 2.99. The van der Waals surface area contributed by atoms with Gasteiger partial charge in [-0.05, 0) is 17.4 Å². The van der Waals surface area contributed by atoms with Crippen molar-refractivity contribution in [3.8, 4) is 0 Å². The van der Waals surface area contributed by atoms with Crippen LogP contribution in [-0.2, 0) is 6.42 Å². The van der Waals surface area contributed by atoms with E-state index in [0.717, 1.165) is 31.8 Å². The van der Waals surface area contributed by atoms with Gasteiger partial charge in [0.2, 0.25) is 0 Å². The van der Waals surface area contributed by atoms with Gasteiger partial charge in [-0.2, -0.15) is 0 Å². The molecule has 0 radical (unpaired) electrons. The van der Waals surface area contributed by atoms with Crippen molar-refractivity contribution in [3.63, 3.8) is 0 Å². The van der Waals surface area contributed by atoms with E-state index in [0.29, 0.717) is 6.04 Å². The molecule has 0 bridgehead atoms. The summed E-state index contributed by atoms with van der Waals surface area (Å²) < 4.78 is 0. The van der Waals surface area contributed by atoms with E-state index in [1.54, 1.807) is 11.8 Å². The van der Waals surface area contributed by atoms with Gasteiger partial charge in [0.1, 0.15) is 0 Å². The Hall–Kier alpha value is -1.40. The molecule has 6 heteroatoms. The summed E-state index contributed by atoms with van der Waals surface area (Å²) in [5.74, 6) is 0.979. The molecule has 0 spiro atoms. The highest BCUT2D eigenvalue weighted by Gasteiger charge is 2.32. The third kappa shape index (κ3) is 3.28. The van der Waals surface area contributed by atoms with Crippen LogP contribution in [0.4, 0.5) is 0 Å². The van der Waals surface area contributed by atoms with Crippen LogP contribution in [0.25, 0.3) is 0 Å². The average Bonchev–Trinajstić information content (AvgIpc) is 3.23. The van der Waals surface area contributed by atoms with Crippen LogP contribution in [0.5, 0.6) is 0 Å². The minimum atomic E-state index is 0.375. The molecule has 23 heavy (non-hydrogen) atoms. The molecule has 0 saturated heterocycles. The van der Waals surface area contributed by atoms with Crippen LogP contribution < -0.4 is 0 Å². The Morgan fingerprint density at radius 2 is 2.17 bits per heavy atom. The largest absolute Gasteiger partial charge is 0.353 e. The normalized spacial score (nSPS) is 23.0. The number of hydrogen-bond acceptors (Lipinski definition) is 6. The fraction of sp³-hybridized carbons (Fsp3) is 0.412. The third-order valence-corrected chi connectivity index (χ3v) is 6.30. The average molecular weight is 345 g/mol. The van der Waals surface area contributed by atoms with Gasteiger partial charge in [-0.3, -0.25) is 9.98 Å². The fourth-order valence-corrected chi connectivity index (χ4v) is 5.09. The fourth-order valence-electron chi connectivity index (χ4n) is 2.99. The predicted molar refractivity (Wildman–Crippen MR) is 101 cm³/mol. The first kappa shape index (κ1) is 15.1. The first-order valence-electron chi connectivity index (χ1n) is 7.93. The molecule has 0 aliphatic carbocycles. The van der Waals surface area contributed by atoms with Crippen LogP contribution >= 0.6 is 23.5 Å². The maximum Gasteiger partial charge on any atom is 0.168 e. The molecule has 1 unspecified atom stereocenters. The standard InChI is InChI=1S/C17H20N4S2/c1-20-8-7-18-16(20)22-11-15-12-23-17-19-14(10-21(15)17)9-13-5-3-2-4-6-13/h2-6,12,14H,7-11H2,1H3. The summed E-state index contributed by atoms with van der Waals surface area (Å²) in [7, 11) is 2.12. The molecule has 1 aromatic carbocycles. The zero-order chi connectivity index (χ0) is 15.6. The molecular formula is C17H20N4S2. The van der Waals surface area contributed by atoms with Crippen molar-refractivity contribution in [3.05, 3.63) is 47.0 Å². The first-order valence-corrected chi connectivity index (χ1v) is 9.79. The molecule has 0 amide bonds. The zero-order valence-electron chi connectivity index (χ0n) is 13.2. The number of hydrogen-bond donors (Lipinski definition) is 0. The monoisotopic (exact) mass is 344 g/mol. The van der Waals surface area contributed by atoms with Crippen molar-refractivity contribution in [1.82, 2.24) is 9.80 Å². The number of fused-ring (bicyclic) bond motifs is 1. The van der Waals surface area contributed by atoms with E-state index in [1.807, 2.05) is 11.8 Å². The van der Waals surface area contributed by atoms with Crippen molar-refractivity contribution in [2.24, 2.45) is 9.98 Å². The summed E-state index contributed by atoms with van der Waals surface area (Å²) >= 11 is 3.61. The van der Waals surface area contributed by atoms with Gasteiger partial charge < -0.3 is 9.80 Å². The highest BCUT2D eigenvalue weighted by molar-refractivity contribution is 8.17. The molecule has 3 aliphatic rings. The number of amidine groups is 2. The summed E-state index contributed by atoms with van der Waals surface area (Å²) in [6, 6.07) is 11.0. The molecule has 1 atom stereocenters. The minimum Gasteiger partial charge on any atom is -0.353 e. The minimum absolute atomic E-state index is 0.375. The quantitative estimate of drug-likeness (QED) is 0.840. The van der Waals surface area contributed by atoms with E-state index in [4.69, 9.17) is 4.99 Å². The molecule has 1 aromatic rings. The van der Waals surface area contributed by atoms with Crippen molar-refractivity contribution in [2.75, 3.05) is 32.4 Å². The van der Waals surface area contributed by atoms with Crippen LogP contribution in [0.1, 0.15) is 5.56 Å². The Kier molecular flexibility index (Phi) is 4.35. The Balaban J connectivity index is 1.34. The van der Waals surface area contributed by atoms with Gasteiger partial charge in [0.15, 0.2) is 10.3 Å². The number of aliphatic imine (C=N–C) groups is 2. The Morgan fingerprint density at radius 1 is 1.30 bits per heavy atom. The van der Waals surface area contributed by atoms with Gasteiger partial charge >= 0.3 is 0 Å². The second-order valence-corrected chi connectivity index (χ2v) is 7.75. The van der Waals surface area contributed by atoms with Gasteiger partial charge in [0.05, 0.1) is 12.6 Å². The molecular weight excluding hydrogens is 324 g/mol. The first-order chi connectivity index (χ1) is 11.3. The van der Waals surface area contributed by atoms with E-state index in [2.05, 4.69) is 57.6 Å². The third-order valence-electron chi connectivity index (χ3n) is 4.24. The van der Waals surface area contributed by atoms with Crippen molar-refractivity contribution in [1.29, 1.82) is 0 Å². The predicted octanol–water partition coefficient (Wildman–Crippen LogP) is 2.89. The van der Waals surface area contributed by atoms with E-state index in [1.165, 1.54) is 21.6 Å². The lowest BCUT2D eigenvalue weighted by Crippen LogP contribution is -2.27.